The zero-order chi connectivity index (χ0) is 35.0. The van der Waals surface area contributed by atoms with Crippen molar-refractivity contribution in [2.24, 2.45) is 33.0 Å². The Balaban J connectivity index is 1.23. The van der Waals surface area contributed by atoms with Crippen molar-refractivity contribution in [1.82, 2.24) is 5.32 Å². The van der Waals surface area contributed by atoms with E-state index in [0.717, 1.165) is 35.1 Å². The lowest BCUT2D eigenvalue weighted by molar-refractivity contribution is -0.129. The molecule has 2 aliphatic rings. The number of ketones is 1. The molecule has 0 radical (unpaired) electrons. The number of carboxylic acid groups (broad SMARTS) is 1. The highest BCUT2D eigenvalue weighted by Gasteiger charge is 2.31. The van der Waals surface area contributed by atoms with E-state index in [0.29, 0.717) is 44.0 Å². The number of rotatable bonds is 12. The highest BCUT2D eigenvalue weighted by Crippen LogP contribution is 2.32. The Morgan fingerprint density at radius 3 is 2.04 bits per heavy atom. The van der Waals surface area contributed by atoms with E-state index in [1.165, 1.54) is 0 Å². The van der Waals surface area contributed by atoms with Crippen molar-refractivity contribution in [1.29, 1.82) is 0 Å². The number of hydrogen-bond acceptors (Lipinski definition) is 8. The van der Waals surface area contributed by atoms with Gasteiger partial charge in [0.2, 0.25) is 5.91 Å². The number of nitrogens with one attached hydrogen (secondary N) is 2. The number of carbonyl (C=O) groups excluding carboxylic acids is 3. The molecule has 49 heavy (non-hydrogen) atoms. The summed E-state index contributed by atoms with van der Waals surface area (Å²) in [7, 11) is 0. The van der Waals surface area contributed by atoms with Crippen LogP contribution < -0.4 is 10.6 Å². The predicted octanol–water partition coefficient (Wildman–Crippen LogP) is 7.31. The van der Waals surface area contributed by atoms with Gasteiger partial charge in [0, 0.05) is 36.1 Å². The number of amidine groups is 1. The fourth-order valence-electron chi connectivity index (χ4n) is 6.15. The number of nitrogens with zero attached hydrogens (tertiary/aromatic N) is 3. The molecule has 3 N–H and O–H groups in total. The van der Waals surface area contributed by atoms with Crippen LogP contribution in [-0.2, 0) is 20.7 Å². The molecule has 1 saturated carbocycles. The summed E-state index contributed by atoms with van der Waals surface area (Å²) in [4.78, 5) is 54.9. The number of carboxylic acids is 1. The van der Waals surface area contributed by atoms with Crippen molar-refractivity contribution < 1.29 is 29.0 Å². The van der Waals surface area contributed by atoms with Gasteiger partial charge in [-0.3, -0.25) is 9.59 Å². The van der Waals surface area contributed by atoms with Crippen molar-refractivity contribution in [3.05, 3.63) is 89.5 Å². The number of anilines is 1. The molecule has 1 aliphatic carbocycles. The van der Waals surface area contributed by atoms with E-state index in [1.807, 2.05) is 57.2 Å². The van der Waals surface area contributed by atoms with E-state index in [4.69, 9.17) is 4.74 Å². The fraction of sp³-hybridized carbons (Fsp3) is 0.395. The standard InChI is InChI=1S/C38H43N5O6/c1-38(2,3)49-37(48)39-22-25-6-10-28(11-7-25)33(44)21-31(35(45)42-32-18-16-29(17-19-32)34-40-23-41-43-34)20-24-4-8-26(9-5-24)27-12-14-30(15-13-27)36(46)47/h4-5,8-9,12-19,25,28,31H,6-7,10-11,20-23H2,1-3H3,(H,39,48)(H,42,45)(H,46,47)/t25?,28?,31-/m1/s1. The first-order chi connectivity index (χ1) is 23.4. The summed E-state index contributed by atoms with van der Waals surface area (Å²) in [5, 5.41) is 23.0. The van der Waals surface area contributed by atoms with Gasteiger partial charge in [0.25, 0.3) is 0 Å². The van der Waals surface area contributed by atoms with Gasteiger partial charge in [0.05, 0.1) is 5.56 Å². The van der Waals surface area contributed by atoms with Crippen LogP contribution in [-0.4, -0.2) is 53.5 Å². The van der Waals surface area contributed by atoms with Gasteiger partial charge in [-0.05, 0) is 112 Å². The summed E-state index contributed by atoms with van der Waals surface area (Å²) in [5.41, 5.74) is 3.79. The Morgan fingerprint density at radius 1 is 0.857 bits per heavy atom. The third kappa shape index (κ3) is 10.2. The van der Waals surface area contributed by atoms with E-state index >= 15 is 0 Å². The first-order valence-electron chi connectivity index (χ1n) is 16.7. The Morgan fingerprint density at radius 2 is 1.47 bits per heavy atom. The molecule has 1 atom stereocenters. The molecule has 5 rings (SSSR count). The third-order valence-corrected chi connectivity index (χ3v) is 8.82. The lowest BCUT2D eigenvalue weighted by atomic mass is 9.77. The molecule has 1 heterocycles. The average molecular weight is 666 g/mol. The smallest absolute Gasteiger partial charge is 0.407 e. The van der Waals surface area contributed by atoms with E-state index in [1.54, 1.807) is 36.4 Å². The number of azo groups is 1. The maximum Gasteiger partial charge on any atom is 0.407 e. The Hall–Kier alpha value is -5.19. The van der Waals surface area contributed by atoms with Crippen LogP contribution in [0.25, 0.3) is 11.1 Å². The van der Waals surface area contributed by atoms with Crippen molar-refractivity contribution in [2.45, 2.75) is 64.9 Å². The summed E-state index contributed by atoms with van der Waals surface area (Å²) in [6, 6.07) is 21.7. The van der Waals surface area contributed by atoms with Gasteiger partial charge in [-0.1, -0.05) is 36.4 Å². The Kier molecular flexibility index (Phi) is 11.3. The molecule has 0 unspecified atom stereocenters. The molecule has 1 aliphatic heterocycles. The summed E-state index contributed by atoms with van der Waals surface area (Å²) < 4.78 is 5.34. The number of hydrogen-bond donors (Lipinski definition) is 3. The number of aromatic carboxylic acids is 1. The Bertz CT molecular complexity index is 1700. The summed E-state index contributed by atoms with van der Waals surface area (Å²) >= 11 is 0. The zero-order valence-electron chi connectivity index (χ0n) is 28.1. The molecule has 0 saturated heterocycles. The van der Waals surface area contributed by atoms with Crippen molar-refractivity contribution in [3.63, 3.8) is 0 Å². The van der Waals surface area contributed by atoms with Gasteiger partial charge in [-0.15, -0.1) is 5.11 Å². The number of benzene rings is 3. The largest absolute Gasteiger partial charge is 0.478 e. The SMILES string of the molecule is CC(C)(C)OC(=O)NCC1CCC(C(=O)C[C@@H](Cc2ccc(-c3ccc(C(=O)O)cc3)cc2)C(=O)Nc2ccc(C3=NCN=N3)cc2)CC1. The van der Waals surface area contributed by atoms with E-state index in [2.05, 4.69) is 25.9 Å². The maximum atomic E-state index is 13.7. The van der Waals surface area contributed by atoms with Gasteiger partial charge < -0.3 is 20.5 Å². The van der Waals surface area contributed by atoms with Gasteiger partial charge in [-0.2, -0.15) is 5.11 Å². The molecule has 0 aromatic heterocycles. The number of amides is 2. The first kappa shape index (κ1) is 35.1. The number of Topliss-reactive ketones (excluding diaryl/α,β-unsaturated/α-hetero) is 1. The summed E-state index contributed by atoms with van der Waals surface area (Å²) in [5.74, 6) is -1.03. The number of carbonyl (C=O) groups is 4. The summed E-state index contributed by atoms with van der Waals surface area (Å²) in [6.45, 7) is 6.30. The second-order valence-corrected chi connectivity index (χ2v) is 13.7. The molecule has 0 spiro atoms. The lowest BCUT2D eigenvalue weighted by Gasteiger charge is -2.29. The van der Waals surface area contributed by atoms with Crippen LogP contribution in [0.5, 0.6) is 0 Å². The van der Waals surface area contributed by atoms with Crippen LogP contribution in [0.3, 0.4) is 0 Å². The minimum absolute atomic E-state index is 0.0776. The molecule has 11 nitrogen and oxygen atoms in total. The average Bonchev–Trinajstić information content (AvgIpc) is 3.62. The van der Waals surface area contributed by atoms with Crippen LogP contribution in [0.4, 0.5) is 10.5 Å². The summed E-state index contributed by atoms with van der Waals surface area (Å²) in [6.07, 6.45) is 3.11. The number of aliphatic imine (C=N–C) groups is 1. The van der Waals surface area contributed by atoms with E-state index in [9.17, 15) is 24.3 Å². The highest BCUT2D eigenvalue weighted by atomic mass is 16.6. The predicted molar refractivity (Wildman–Crippen MR) is 187 cm³/mol. The van der Waals surface area contributed by atoms with Crippen LogP contribution in [0, 0.1) is 17.8 Å². The van der Waals surface area contributed by atoms with Crippen LogP contribution in [0.15, 0.2) is 88.0 Å². The van der Waals surface area contributed by atoms with Crippen molar-refractivity contribution in [2.75, 3.05) is 18.5 Å². The second kappa shape index (κ2) is 15.8. The normalized spacial score (nSPS) is 17.9. The topological polar surface area (TPSA) is 159 Å². The molecule has 256 valence electrons. The van der Waals surface area contributed by atoms with Crippen LogP contribution in [0.2, 0.25) is 0 Å². The molecule has 1 fully saturated rings. The fourth-order valence-corrected chi connectivity index (χ4v) is 6.15. The number of alkyl carbamates (subject to hydrolysis) is 1. The molecular weight excluding hydrogens is 622 g/mol. The van der Waals surface area contributed by atoms with Gasteiger partial charge >= 0.3 is 12.1 Å². The maximum absolute atomic E-state index is 13.7. The van der Waals surface area contributed by atoms with Crippen LogP contribution in [0.1, 0.15) is 74.4 Å². The quantitative estimate of drug-likeness (QED) is 0.184. The van der Waals surface area contributed by atoms with Crippen molar-refractivity contribution in [3.8, 4) is 11.1 Å². The molecule has 11 heteroatoms. The van der Waals surface area contributed by atoms with Crippen molar-refractivity contribution >= 4 is 35.3 Å². The highest BCUT2D eigenvalue weighted by molar-refractivity contribution is 6.01. The second-order valence-electron chi connectivity index (χ2n) is 13.7. The van der Waals surface area contributed by atoms with Gasteiger partial charge in [0.1, 0.15) is 11.4 Å². The monoisotopic (exact) mass is 665 g/mol. The zero-order valence-corrected chi connectivity index (χ0v) is 28.1. The molecule has 2 amide bonds. The molecule has 3 aromatic carbocycles. The first-order valence-corrected chi connectivity index (χ1v) is 16.7. The third-order valence-electron chi connectivity index (χ3n) is 8.82. The minimum atomic E-state index is -0.977. The molecule has 0 bridgehead atoms. The van der Waals surface area contributed by atoms with E-state index < -0.39 is 23.6 Å². The van der Waals surface area contributed by atoms with Gasteiger partial charge in [0.15, 0.2) is 12.5 Å². The molecule has 3 aromatic rings. The molecular formula is C38H43N5O6. The van der Waals surface area contributed by atoms with Crippen LogP contribution >= 0.6 is 0 Å². The van der Waals surface area contributed by atoms with Gasteiger partial charge in [-0.25, -0.2) is 14.6 Å². The Labute approximate surface area is 286 Å². The number of ether oxygens (including phenoxy) is 1. The minimum Gasteiger partial charge on any atom is -0.478 e. The van der Waals surface area contributed by atoms with E-state index in [-0.39, 0.29) is 35.5 Å². The lowest BCUT2D eigenvalue weighted by Crippen LogP contribution is -2.37.